The number of amides is 1. The predicted molar refractivity (Wildman–Crippen MR) is 139 cm³/mol. The topological polar surface area (TPSA) is 91.5 Å². The molecule has 1 aliphatic rings. The van der Waals surface area contributed by atoms with Gasteiger partial charge in [-0.15, -0.1) is 22.7 Å². The van der Waals surface area contributed by atoms with E-state index in [1.54, 1.807) is 18.3 Å². The van der Waals surface area contributed by atoms with Gasteiger partial charge in [0.25, 0.3) is 5.91 Å². The number of nitrogen functional groups attached to an aromatic ring is 1. The van der Waals surface area contributed by atoms with Crippen molar-refractivity contribution in [2.24, 2.45) is 0 Å². The second kappa shape index (κ2) is 10.0. The van der Waals surface area contributed by atoms with Crippen LogP contribution in [0.15, 0.2) is 41.8 Å². The normalized spacial score (nSPS) is 13.3. The average Bonchev–Trinajstić information content (AvgIpc) is 3.43. The lowest BCUT2D eigenvalue weighted by molar-refractivity contribution is 0.103. The lowest BCUT2D eigenvalue weighted by atomic mass is 9.96. The molecule has 0 atom stereocenters. The molecule has 0 saturated carbocycles. The highest BCUT2D eigenvalue weighted by Gasteiger charge is 2.27. The van der Waals surface area contributed by atoms with Gasteiger partial charge in [0.05, 0.1) is 5.69 Å². The molecule has 0 unspecified atom stereocenters. The molecule has 0 spiro atoms. The number of aryl methyl sites for hydroxylation is 1. The molecule has 8 heteroatoms. The van der Waals surface area contributed by atoms with Crippen LogP contribution >= 0.6 is 22.7 Å². The Morgan fingerprint density at radius 2 is 2.03 bits per heavy atom. The molecule has 0 fully saturated rings. The van der Waals surface area contributed by atoms with Crippen LogP contribution in [0, 0.1) is 6.92 Å². The molecule has 0 saturated heterocycles. The van der Waals surface area contributed by atoms with Crippen LogP contribution in [-0.2, 0) is 13.0 Å². The van der Waals surface area contributed by atoms with Crippen molar-refractivity contribution >= 4 is 50.2 Å². The zero-order valence-corrected chi connectivity index (χ0v) is 20.6. The van der Waals surface area contributed by atoms with Crippen LogP contribution < -0.4 is 11.1 Å². The minimum absolute atomic E-state index is 0.183. The van der Waals surface area contributed by atoms with Crippen molar-refractivity contribution in [3.63, 3.8) is 0 Å². The van der Waals surface area contributed by atoms with Crippen molar-refractivity contribution in [1.29, 1.82) is 0 Å². The SMILES string of the molecule is CCO.Cc1ccccc1NC(=O)c1sc2nc3c(c(-c4cccs4)c2c1N)CN(C)CC3. The Kier molecular flexibility index (Phi) is 7.09. The lowest BCUT2D eigenvalue weighted by Gasteiger charge is -2.26. The molecular formula is C25H28N4O2S2. The monoisotopic (exact) mass is 480 g/mol. The number of aliphatic hydroxyl groups is 1. The summed E-state index contributed by atoms with van der Waals surface area (Å²) in [4.78, 5) is 22.9. The quantitative estimate of drug-likeness (QED) is 0.377. The fourth-order valence-electron chi connectivity index (χ4n) is 4.01. The Morgan fingerprint density at radius 3 is 2.73 bits per heavy atom. The first-order valence-corrected chi connectivity index (χ1v) is 12.6. The van der Waals surface area contributed by atoms with Gasteiger partial charge in [-0.3, -0.25) is 4.79 Å². The number of pyridine rings is 1. The zero-order chi connectivity index (χ0) is 23.5. The third-order valence-electron chi connectivity index (χ3n) is 5.59. The smallest absolute Gasteiger partial charge is 0.267 e. The molecular weight excluding hydrogens is 452 g/mol. The van der Waals surface area contributed by atoms with Crippen molar-refractivity contribution in [2.75, 3.05) is 31.2 Å². The highest BCUT2D eigenvalue weighted by atomic mass is 32.1. The highest BCUT2D eigenvalue weighted by Crippen LogP contribution is 2.44. The Labute approximate surface area is 201 Å². The molecule has 6 nitrogen and oxygen atoms in total. The molecule has 5 rings (SSSR count). The van der Waals surface area contributed by atoms with E-state index in [1.807, 2.05) is 31.2 Å². The van der Waals surface area contributed by atoms with E-state index < -0.39 is 0 Å². The number of hydrogen-bond donors (Lipinski definition) is 3. The maximum absolute atomic E-state index is 13.1. The second-order valence-electron chi connectivity index (χ2n) is 7.99. The fourth-order valence-corrected chi connectivity index (χ4v) is 5.84. The maximum Gasteiger partial charge on any atom is 0.267 e. The standard InChI is InChI=1S/C23H22N4OS2.C2H6O/c1-13-6-3-4-7-15(13)25-22(28)21-20(24)19-18(17-8-5-11-29-17)14-12-27(2)10-9-16(14)26-23(19)30-21;1-2-3/h3-8,11H,9-10,12,24H2,1-2H3,(H,25,28);3H,2H2,1H3. The van der Waals surface area contributed by atoms with Gasteiger partial charge in [-0.2, -0.15) is 0 Å². The number of hydrogen-bond acceptors (Lipinski definition) is 7. The van der Waals surface area contributed by atoms with Crippen LogP contribution in [0.5, 0.6) is 0 Å². The van der Waals surface area contributed by atoms with Gasteiger partial charge in [0, 0.05) is 53.3 Å². The van der Waals surface area contributed by atoms with E-state index in [-0.39, 0.29) is 12.5 Å². The van der Waals surface area contributed by atoms with Crippen LogP contribution in [0.1, 0.15) is 33.4 Å². The number of carbonyl (C=O) groups is 1. The van der Waals surface area contributed by atoms with Crippen LogP contribution in [-0.4, -0.2) is 41.1 Å². The Morgan fingerprint density at radius 1 is 1.27 bits per heavy atom. The van der Waals surface area contributed by atoms with E-state index in [4.69, 9.17) is 15.8 Å². The largest absolute Gasteiger partial charge is 0.397 e. The molecule has 4 N–H and O–H groups in total. The third-order valence-corrected chi connectivity index (χ3v) is 7.57. The number of likely N-dealkylation sites (N-methyl/N-ethyl adjacent to an activating group) is 1. The van der Waals surface area contributed by atoms with Crippen molar-refractivity contribution in [3.8, 4) is 10.4 Å². The van der Waals surface area contributed by atoms with Gasteiger partial charge in [0.2, 0.25) is 0 Å². The number of aromatic nitrogens is 1. The number of benzene rings is 1. The summed E-state index contributed by atoms with van der Waals surface area (Å²) >= 11 is 3.08. The van der Waals surface area contributed by atoms with E-state index in [9.17, 15) is 4.79 Å². The number of thiophene rings is 2. The first kappa shape index (κ1) is 23.4. The minimum atomic E-state index is -0.183. The number of nitrogens with one attached hydrogen (secondary N) is 1. The molecule has 1 aromatic carbocycles. The average molecular weight is 481 g/mol. The molecule has 0 bridgehead atoms. The number of rotatable bonds is 3. The zero-order valence-electron chi connectivity index (χ0n) is 19.0. The summed E-state index contributed by atoms with van der Waals surface area (Å²) in [6, 6.07) is 11.9. The number of aliphatic hydroxyl groups excluding tert-OH is 1. The van der Waals surface area contributed by atoms with Gasteiger partial charge in [0.15, 0.2) is 0 Å². The second-order valence-corrected chi connectivity index (χ2v) is 9.93. The van der Waals surface area contributed by atoms with Crippen LogP contribution in [0.25, 0.3) is 20.7 Å². The number of anilines is 2. The molecule has 1 amide bonds. The van der Waals surface area contributed by atoms with Crippen LogP contribution in [0.4, 0.5) is 11.4 Å². The number of fused-ring (bicyclic) bond motifs is 2. The Bertz CT molecular complexity index is 1280. The van der Waals surface area contributed by atoms with Gasteiger partial charge in [-0.1, -0.05) is 24.3 Å². The highest BCUT2D eigenvalue weighted by molar-refractivity contribution is 7.21. The number of para-hydroxylation sites is 1. The molecule has 33 heavy (non-hydrogen) atoms. The van der Waals surface area contributed by atoms with E-state index in [2.05, 4.69) is 34.8 Å². The molecule has 4 aromatic rings. The van der Waals surface area contributed by atoms with Gasteiger partial charge in [-0.05, 0) is 49.5 Å². The summed E-state index contributed by atoms with van der Waals surface area (Å²) in [6.45, 7) is 5.73. The summed E-state index contributed by atoms with van der Waals surface area (Å²) in [7, 11) is 2.13. The maximum atomic E-state index is 13.1. The van der Waals surface area contributed by atoms with Crippen molar-refractivity contribution in [2.45, 2.75) is 26.8 Å². The van der Waals surface area contributed by atoms with E-state index in [0.29, 0.717) is 10.6 Å². The van der Waals surface area contributed by atoms with Crippen molar-refractivity contribution in [1.82, 2.24) is 9.88 Å². The van der Waals surface area contributed by atoms with Gasteiger partial charge < -0.3 is 21.1 Å². The van der Waals surface area contributed by atoms with Gasteiger partial charge in [0.1, 0.15) is 9.71 Å². The van der Waals surface area contributed by atoms with E-state index in [0.717, 1.165) is 52.2 Å². The Hall–Kier alpha value is -2.78. The molecule has 0 radical (unpaired) electrons. The van der Waals surface area contributed by atoms with Gasteiger partial charge in [-0.25, -0.2) is 4.98 Å². The molecule has 3 aromatic heterocycles. The van der Waals surface area contributed by atoms with Crippen LogP contribution in [0.2, 0.25) is 0 Å². The van der Waals surface area contributed by atoms with Gasteiger partial charge >= 0.3 is 0 Å². The number of nitrogens with two attached hydrogens (primary N) is 1. The predicted octanol–water partition coefficient (Wildman–Crippen LogP) is 5.15. The lowest BCUT2D eigenvalue weighted by Crippen LogP contribution is -2.27. The molecule has 172 valence electrons. The van der Waals surface area contributed by atoms with Crippen molar-refractivity contribution in [3.05, 3.63) is 63.5 Å². The first-order valence-electron chi connectivity index (χ1n) is 10.9. The third kappa shape index (κ3) is 4.65. The fraction of sp³-hybridized carbons (Fsp3) is 0.280. The number of nitrogens with zero attached hydrogens (tertiary/aromatic N) is 2. The minimum Gasteiger partial charge on any atom is -0.397 e. The molecule has 1 aliphatic heterocycles. The summed E-state index contributed by atoms with van der Waals surface area (Å²) in [6.07, 6.45) is 0.905. The van der Waals surface area contributed by atoms with E-state index >= 15 is 0 Å². The van der Waals surface area contributed by atoms with Crippen LogP contribution in [0.3, 0.4) is 0 Å². The number of carbonyl (C=O) groups excluding carboxylic acids is 1. The van der Waals surface area contributed by atoms with Crippen molar-refractivity contribution < 1.29 is 9.90 Å². The summed E-state index contributed by atoms with van der Waals surface area (Å²) in [5, 5.41) is 13.6. The summed E-state index contributed by atoms with van der Waals surface area (Å²) in [5.41, 5.74) is 12.4. The Balaban J connectivity index is 0.000000821. The summed E-state index contributed by atoms with van der Waals surface area (Å²) < 4.78 is 0. The molecule has 4 heterocycles. The summed E-state index contributed by atoms with van der Waals surface area (Å²) in [5.74, 6) is -0.183. The molecule has 0 aliphatic carbocycles. The van der Waals surface area contributed by atoms with E-state index in [1.165, 1.54) is 21.8 Å². The first-order chi connectivity index (χ1) is 15.9.